The third-order valence-electron chi connectivity index (χ3n) is 6.38. The number of aromatic nitrogens is 2. The van der Waals surface area contributed by atoms with Gasteiger partial charge in [-0.2, -0.15) is 18.3 Å². The molecule has 0 spiro atoms. The second-order valence-corrected chi connectivity index (χ2v) is 11.3. The molecule has 186 valence electrons. The molecule has 4 heterocycles. The molecule has 5 rings (SSSR count). The zero-order chi connectivity index (χ0) is 25.1. The first-order valence-corrected chi connectivity index (χ1v) is 13.0. The Balaban J connectivity index is 1.50. The lowest BCUT2D eigenvalue weighted by Crippen LogP contribution is -2.35. The number of hydrogen-bond donors (Lipinski definition) is 3. The Labute approximate surface area is 211 Å². The summed E-state index contributed by atoms with van der Waals surface area (Å²) in [7, 11) is 0. The van der Waals surface area contributed by atoms with Crippen LogP contribution in [0.4, 0.5) is 24.0 Å². The van der Waals surface area contributed by atoms with E-state index >= 15 is 0 Å². The van der Waals surface area contributed by atoms with Gasteiger partial charge < -0.3 is 16.4 Å². The summed E-state index contributed by atoms with van der Waals surface area (Å²) < 4.78 is 42.6. The molecule has 1 aliphatic carbocycles. The summed E-state index contributed by atoms with van der Waals surface area (Å²) in [5.41, 5.74) is 6.32. The molecule has 0 radical (unpaired) electrons. The number of nitrogens with one attached hydrogen (secondary N) is 2. The van der Waals surface area contributed by atoms with E-state index in [-0.39, 0.29) is 33.5 Å². The monoisotopic (exact) mass is 543 g/mol. The van der Waals surface area contributed by atoms with E-state index in [2.05, 4.69) is 22.7 Å². The summed E-state index contributed by atoms with van der Waals surface area (Å²) in [6.45, 7) is 2.10. The minimum absolute atomic E-state index is 0.0711. The number of thiophene rings is 2. The Kier molecular flexibility index (Phi) is 6.09. The standard InChI is InChI=1S/C22H21ClF3N5O2S2/c1-9-4-5-10-13(7-9)35-21(15(10)18(27)32)29-20(33)17-16(23)19-28-11(12-3-2-6-34-12)8-14(22(24,25)26)31(19)30-17/h2-3,6,9,11,14,28H,4-5,7-8H2,1H3,(H2,27,32)(H,29,33). The summed E-state index contributed by atoms with van der Waals surface area (Å²) >= 11 is 9.00. The number of anilines is 2. The quantitative estimate of drug-likeness (QED) is 0.387. The van der Waals surface area contributed by atoms with Gasteiger partial charge in [-0.1, -0.05) is 24.6 Å². The normalized spacial score (nSPS) is 21.7. The molecule has 13 heteroatoms. The Morgan fingerprint density at radius 1 is 1.37 bits per heavy atom. The van der Waals surface area contributed by atoms with Gasteiger partial charge in [0.1, 0.15) is 15.8 Å². The van der Waals surface area contributed by atoms with Gasteiger partial charge >= 0.3 is 6.18 Å². The van der Waals surface area contributed by atoms with Crippen molar-refractivity contribution in [3.05, 3.63) is 49.1 Å². The fourth-order valence-electron chi connectivity index (χ4n) is 4.67. The Bertz CT molecular complexity index is 1300. The predicted octanol–water partition coefficient (Wildman–Crippen LogP) is 5.80. The van der Waals surface area contributed by atoms with Crippen LogP contribution in [0.1, 0.15) is 68.0 Å². The number of rotatable bonds is 4. The second kappa shape index (κ2) is 8.82. The average molecular weight is 544 g/mol. The molecular weight excluding hydrogens is 523 g/mol. The number of carbonyl (C=O) groups is 2. The second-order valence-electron chi connectivity index (χ2n) is 8.84. The first-order chi connectivity index (χ1) is 16.5. The molecule has 1 aliphatic heterocycles. The smallest absolute Gasteiger partial charge is 0.365 e. The van der Waals surface area contributed by atoms with E-state index < -0.39 is 30.1 Å². The van der Waals surface area contributed by atoms with Crippen molar-refractivity contribution in [2.75, 3.05) is 10.6 Å². The maximum absolute atomic E-state index is 13.9. The Morgan fingerprint density at radius 3 is 2.80 bits per heavy atom. The molecule has 3 atom stereocenters. The third-order valence-corrected chi connectivity index (χ3v) is 8.90. The van der Waals surface area contributed by atoms with E-state index in [4.69, 9.17) is 17.3 Å². The van der Waals surface area contributed by atoms with Gasteiger partial charge in [0, 0.05) is 16.2 Å². The molecular formula is C22H21ClF3N5O2S2. The van der Waals surface area contributed by atoms with Crippen molar-refractivity contribution in [1.29, 1.82) is 0 Å². The van der Waals surface area contributed by atoms with Crippen molar-refractivity contribution < 1.29 is 22.8 Å². The molecule has 2 amide bonds. The highest BCUT2D eigenvalue weighted by Gasteiger charge is 2.48. The van der Waals surface area contributed by atoms with Gasteiger partial charge in [0.25, 0.3) is 11.8 Å². The van der Waals surface area contributed by atoms with E-state index in [1.807, 2.05) is 0 Å². The minimum Gasteiger partial charge on any atom is -0.365 e. The first kappa shape index (κ1) is 24.1. The maximum Gasteiger partial charge on any atom is 0.410 e. The maximum atomic E-state index is 13.9. The highest BCUT2D eigenvalue weighted by Crippen LogP contribution is 2.47. The number of primary amides is 1. The molecule has 35 heavy (non-hydrogen) atoms. The highest BCUT2D eigenvalue weighted by molar-refractivity contribution is 7.17. The van der Waals surface area contributed by atoms with Crippen LogP contribution in [0.5, 0.6) is 0 Å². The molecule has 4 N–H and O–H groups in total. The van der Waals surface area contributed by atoms with E-state index in [9.17, 15) is 22.8 Å². The van der Waals surface area contributed by atoms with Gasteiger partial charge in [-0.05, 0) is 42.2 Å². The van der Waals surface area contributed by atoms with E-state index in [1.165, 1.54) is 22.7 Å². The summed E-state index contributed by atoms with van der Waals surface area (Å²) in [5, 5.41) is 11.4. The minimum atomic E-state index is -4.60. The predicted molar refractivity (Wildman–Crippen MR) is 130 cm³/mol. The van der Waals surface area contributed by atoms with Crippen LogP contribution in [0.15, 0.2) is 17.5 Å². The van der Waals surface area contributed by atoms with Crippen molar-refractivity contribution in [2.24, 2.45) is 11.7 Å². The topological polar surface area (TPSA) is 102 Å². The number of hydrogen-bond acceptors (Lipinski definition) is 6. The number of nitrogens with zero attached hydrogens (tertiary/aromatic N) is 2. The fraction of sp³-hybridized carbons (Fsp3) is 0.409. The lowest BCUT2D eigenvalue weighted by atomic mass is 9.88. The van der Waals surface area contributed by atoms with Crippen LogP contribution < -0.4 is 16.4 Å². The molecule has 0 saturated carbocycles. The molecule has 3 aromatic heterocycles. The molecule has 0 saturated heterocycles. The van der Waals surface area contributed by atoms with Gasteiger partial charge in [0.2, 0.25) is 0 Å². The number of carbonyl (C=O) groups excluding carboxylic acids is 2. The summed E-state index contributed by atoms with van der Waals surface area (Å²) in [6.07, 6.45) is -2.57. The number of nitrogens with two attached hydrogens (primary N) is 1. The summed E-state index contributed by atoms with van der Waals surface area (Å²) in [4.78, 5) is 27.0. The van der Waals surface area contributed by atoms with Crippen molar-refractivity contribution in [3.8, 4) is 0 Å². The van der Waals surface area contributed by atoms with Crippen molar-refractivity contribution in [1.82, 2.24) is 9.78 Å². The van der Waals surface area contributed by atoms with Gasteiger partial charge in [-0.3, -0.25) is 9.59 Å². The lowest BCUT2D eigenvalue weighted by molar-refractivity contribution is -0.173. The van der Waals surface area contributed by atoms with Crippen molar-refractivity contribution in [3.63, 3.8) is 0 Å². The fourth-order valence-corrected chi connectivity index (χ4v) is 7.14. The van der Waals surface area contributed by atoms with Crippen LogP contribution in [0.2, 0.25) is 5.02 Å². The van der Waals surface area contributed by atoms with Crippen LogP contribution in [0.3, 0.4) is 0 Å². The molecule has 0 bridgehead atoms. The van der Waals surface area contributed by atoms with Gasteiger partial charge in [0.05, 0.1) is 11.6 Å². The molecule has 3 aromatic rings. The SMILES string of the molecule is CC1CCc2c(sc(NC(=O)c3nn4c(c3Cl)NC(c3cccs3)CC4C(F)(F)F)c2C(N)=O)C1. The zero-order valence-corrected chi connectivity index (χ0v) is 20.8. The van der Waals surface area contributed by atoms with Gasteiger partial charge in [-0.25, -0.2) is 4.68 Å². The van der Waals surface area contributed by atoms with Crippen LogP contribution in [-0.2, 0) is 12.8 Å². The molecule has 2 aliphatic rings. The van der Waals surface area contributed by atoms with E-state index in [0.717, 1.165) is 32.8 Å². The van der Waals surface area contributed by atoms with Crippen LogP contribution >= 0.6 is 34.3 Å². The molecule has 3 unspecified atom stereocenters. The third kappa shape index (κ3) is 4.31. The largest absolute Gasteiger partial charge is 0.410 e. The number of alkyl halides is 3. The molecule has 7 nitrogen and oxygen atoms in total. The zero-order valence-electron chi connectivity index (χ0n) is 18.4. The lowest BCUT2D eigenvalue weighted by Gasteiger charge is -2.32. The van der Waals surface area contributed by atoms with Crippen LogP contribution in [0, 0.1) is 5.92 Å². The molecule has 0 fully saturated rings. The first-order valence-electron chi connectivity index (χ1n) is 10.9. The average Bonchev–Trinajstić information content (AvgIpc) is 3.50. The van der Waals surface area contributed by atoms with Gasteiger partial charge in [-0.15, -0.1) is 22.7 Å². The summed E-state index contributed by atoms with van der Waals surface area (Å²) in [5.74, 6) is -1.11. The highest BCUT2D eigenvalue weighted by atomic mass is 35.5. The Hall–Kier alpha value is -2.57. The van der Waals surface area contributed by atoms with E-state index in [1.54, 1.807) is 17.5 Å². The Morgan fingerprint density at radius 2 is 2.14 bits per heavy atom. The van der Waals surface area contributed by atoms with Gasteiger partial charge in [0.15, 0.2) is 11.7 Å². The van der Waals surface area contributed by atoms with E-state index in [0.29, 0.717) is 12.3 Å². The molecule has 0 aromatic carbocycles. The number of halogens is 4. The number of amides is 2. The van der Waals surface area contributed by atoms with Crippen molar-refractivity contribution in [2.45, 2.75) is 50.9 Å². The van der Waals surface area contributed by atoms with Crippen LogP contribution in [0.25, 0.3) is 0 Å². The van der Waals surface area contributed by atoms with Crippen molar-refractivity contribution >= 4 is 56.9 Å². The summed E-state index contributed by atoms with van der Waals surface area (Å²) in [6, 6.07) is 0.913. The van der Waals surface area contributed by atoms with Crippen LogP contribution in [-0.4, -0.2) is 27.8 Å². The number of fused-ring (bicyclic) bond motifs is 2.